The molecule has 0 saturated heterocycles. The fourth-order valence-electron chi connectivity index (χ4n) is 1.79. The SMILES string of the molecule is CCC(CC1CC1)NCc1nnc(C)o1. The maximum absolute atomic E-state index is 5.31. The molecule has 0 bridgehead atoms. The van der Waals surface area contributed by atoms with E-state index < -0.39 is 0 Å². The van der Waals surface area contributed by atoms with E-state index in [1.807, 2.05) is 6.92 Å². The highest BCUT2D eigenvalue weighted by Gasteiger charge is 2.24. The number of hydrogen-bond donors (Lipinski definition) is 1. The van der Waals surface area contributed by atoms with E-state index in [0.717, 1.165) is 5.92 Å². The van der Waals surface area contributed by atoms with E-state index in [2.05, 4.69) is 22.4 Å². The summed E-state index contributed by atoms with van der Waals surface area (Å²) in [5.41, 5.74) is 0. The summed E-state index contributed by atoms with van der Waals surface area (Å²) in [6.07, 6.45) is 5.29. The van der Waals surface area contributed by atoms with E-state index in [9.17, 15) is 0 Å². The van der Waals surface area contributed by atoms with E-state index in [1.165, 1.54) is 25.7 Å². The van der Waals surface area contributed by atoms with Crippen LogP contribution in [0.25, 0.3) is 0 Å². The smallest absolute Gasteiger partial charge is 0.230 e. The standard InChI is InChI=1S/C11H19N3O/c1-3-10(6-9-4-5-9)12-7-11-14-13-8(2)15-11/h9-10,12H,3-7H2,1-2H3. The summed E-state index contributed by atoms with van der Waals surface area (Å²) in [6, 6.07) is 0.602. The Hall–Kier alpha value is -0.900. The fourth-order valence-corrected chi connectivity index (χ4v) is 1.79. The Morgan fingerprint density at radius 3 is 2.80 bits per heavy atom. The second-order valence-corrected chi connectivity index (χ2v) is 4.38. The van der Waals surface area contributed by atoms with Crippen molar-refractivity contribution in [2.75, 3.05) is 0 Å². The van der Waals surface area contributed by atoms with Crippen LogP contribution < -0.4 is 5.32 Å². The van der Waals surface area contributed by atoms with Gasteiger partial charge in [-0.2, -0.15) is 0 Å². The van der Waals surface area contributed by atoms with Crippen molar-refractivity contribution in [1.29, 1.82) is 0 Å². The van der Waals surface area contributed by atoms with Crippen LogP contribution in [0.1, 0.15) is 44.4 Å². The van der Waals surface area contributed by atoms with Crippen LogP contribution in [0.2, 0.25) is 0 Å². The van der Waals surface area contributed by atoms with Crippen molar-refractivity contribution in [3.63, 3.8) is 0 Å². The number of nitrogens with zero attached hydrogens (tertiary/aromatic N) is 2. The van der Waals surface area contributed by atoms with Gasteiger partial charge in [0.15, 0.2) is 0 Å². The third kappa shape index (κ3) is 3.30. The number of aryl methyl sites for hydroxylation is 1. The van der Waals surface area contributed by atoms with Gasteiger partial charge < -0.3 is 9.73 Å². The molecule has 2 rings (SSSR count). The number of hydrogen-bond acceptors (Lipinski definition) is 4. The topological polar surface area (TPSA) is 51.0 Å². The summed E-state index contributed by atoms with van der Waals surface area (Å²) in [7, 11) is 0. The molecule has 1 aromatic rings. The van der Waals surface area contributed by atoms with Gasteiger partial charge in [-0.25, -0.2) is 0 Å². The molecule has 4 nitrogen and oxygen atoms in total. The van der Waals surface area contributed by atoms with Gasteiger partial charge in [0.05, 0.1) is 6.54 Å². The van der Waals surface area contributed by atoms with Gasteiger partial charge in [0.2, 0.25) is 11.8 Å². The van der Waals surface area contributed by atoms with Crippen molar-refractivity contribution in [3.8, 4) is 0 Å². The van der Waals surface area contributed by atoms with Crippen molar-refractivity contribution in [3.05, 3.63) is 11.8 Å². The maximum atomic E-state index is 5.31. The van der Waals surface area contributed by atoms with Gasteiger partial charge in [0.1, 0.15) is 0 Å². The van der Waals surface area contributed by atoms with Crippen LogP contribution in [-0.2, 0) is 6.54 Å². The summed E-state index contributed by atoms with van der Waals surface area (Å²) >= 11 is 0. The molecule has 0 spiro atoms. The van der Waals surface area contributed by atoms with Gasteiger partial charge in [-0.3, -0.25) is 0 Å². The molecule has 1 N–H and O–H groups in total. The highest BCUT2D eigenvalue weighted by atomic mass is 16.4. The minimum Gasteiger partial charge on any atom is -0.424 e. The van der Waals surface area contributed by atoms with Crippen molar-refractivity contribution >= 4 is 0 Å². The zero-order valence-corrected chi connectivity index (χ0v) is 9.49. The second kappa shape index (κ2) is 4.75. The Morgan fingerprint density at radius 2 is 2.27 bits per heavy atom. The summed E-state index contributed by atoms with van der Waals surface area (Å²) in [6.45, 7) is 4.74. The normalized spacial score (nSPS) is 18.0. The molecule has 0 radical (unpaired) electrons. The van der Waals surface area contributed by atoms with Crippen LogP contribution in [0.5, 0.6) is 0 Å². The molecule has 1 aliphatic rings. The lowest BCUT2D eigenvalue weighted by molar-refractivity contribution is 0.393. The van der Waals surface area contributed by atoms with Gasteiger partial charge >= 0.3 is 0 Å². The van der Waals surface area contributed by atoms with Crippen LogP contribution in [0.3, 0.4) is 0 Å². The van der Waals surface area contributed by atoms with Crippen LogP contribution in [0, 0.1) is 12.8 Å². The van der Waals surface area contributed by atoms with E-state index >= 15 is 0 Å². The Bertz CT molecular complexity index is 307. The van der Waals surface area contributed by atoms with Crippen LogP contribution in [0.15, 0.2) is 4.42 Å². The summed E-state index contributed by atoms with van der Waals surface area (Å²) in [5, 5.41) is 11.2. The first-order valence-electron chi connectivity index (χ1n) is 5.80. The molecule has 1 aliphatic carbocycles. The molecule has 15 heavy (non-hydrogen) atoms. The zero-order chi connectivity index (χ0) is 10.7. The van der Waals surface area contributed by atoms with Gasteiger partial charge in [-0.15, -0.1) is 10.2 Å². The van der Waals surface area contributed by atoms with Crippen molar-refractivity contribution in [1.82, 2.24) is 15.5 Å². The lowest BCUT2D eigenvalue weighted by Crippen LogP contribution is -2.28. The second-order valence-electron chi connectivity index (χ2n) is 4.38. The lowest BCUT2D eigenvalue weighted by atomic mass is 10.1. The minimum absolute atomic E-state index is 0.602. The number of nitrogens with one attached hydrogen (secondary N) is 1. The highest BCUT2D eigenvalue weighted by molar-refractivity contribution is 4.83. The van der Waals surface area contributed by atoms with E-state index in [4.69, 9.17) is 4.42 Å². The van der Waals surface area contributed by atoms with E-state index in [-0.39, 0.29) is 0 Å². The monoisotopic (exact) mass is 209 g/mol. The molecule has 1 atom stereocenters. The molecular formula is C11H19N3O. The number of rotatable bonds is 6. The molecule has 84 valence electrons. The predicted molar refractivity (Wildman–Crippen MR) is 57.3 cm³/mol. The summed E-state index contributed by atoms with van der Waals surface area (Å²) < 4.78 is 5.31. The molecule has 1 unspecified atom stereocenters. The minimum atomic E-state index is 0.602. The molecule has 0 amide bonds. The quantitative estimate of drug-likeness (QED) is 0.779. The average molecular weight is 209 g/mol. The van der Waals surface area contributed by atoms with Crippen molar-refractivity contribution in [2.45, 2.75) is 52.1 Å². The first-order valence-corrected chi connectivity index (χ1v) is 5.80. The highest BCUT2D eigenvalue weighted by Crippen LogP contribution is 2.34. The van der Waals surface area contributed by atoms with Crippen LogP contribution in [-0.4, -0.2) is 16.2 Å². The number of aromatic nitrogens is 2. The van der Waals surface area contributed by atoms with Crippen LogP contribution in [0.4, 0.5) is 0 Å². The Kier molecular flexibility index (Phi) is 3.36. The average Bonchev–Trinajstić information content (AvgIpc) is 2.95. The van der Waals surface area contributed by atoms with Gasteiger partial charge in [0.25, 0.3) is 0 Å². The first kappa shape index (κ1) is 10.6. The Labute approximate surface area is 90.5 Å². The Morgan fingerprint density at radius 1 is 1.47 bits per heavy atom. The third-order valence-electron chi connectivity index (χ3n) is 2.92. The predicted octanol–water partition coefficient (Wildman–Crippen LogP) is 2.05. The molecule has 1 heterocycles. The van der Waals surface area contributed by atoms with Crippen molar-refractivity contribution in [2.24, 2.45) is 5.92 Å². The maximum Gasteiger partial charge on any atom is 0.230 e. The zero-order valence-electron chi connectivity index (χ0n) is 9.49. The molecule has 4 heteroatoms. The summed E-state index contributed by atoms with van der Waals surface area (Å²) in [5.74, 6) is 2.30. The molecular weight excluding hydrogens is 190 g/mol. The van der Waals surface area contributed by atoms with Crippen LogP contribution >= 0.6 is 0 Å². The Balaban J connectivity index is 1.74. The fraction of sp³-hybridized carbons (Fsp3) is 0.818. The van der Waals surface area contributed by atoms with Gasteiger partial charge in [0, 0.05) is 13.0 Å². The molecule has 0 aromatic carbocycles. The molecule has 1 saturated carbocycles. The third-order valence-corrected chi connectivity index (χ3v) is 2.92. The molecule has 1 fully saturated rings. The van der Waals surface area contributed by atoms with E-state index in [1.54, 1.807) is 0 Å². The largest absolute Gasteiger partial charge is 0.424 e. The molecule has 0 aliphatic heterocycles. The molecule has 1 aromatic heterocycles. The summed E-state index contributed by atoms with van der Waals surface area (Å²) in [4.78, 5) is 0. The first-order chi connectivity index (χ1) is 7.28. The van der Waals surface area contributed by atoms with Gasteiger partial charge in [-0.05, 0) is 18.8 Å². The van der Waals surface area contributed by atoms with Gasteiger partial charge in [-0.1, -0.05) is 19.8 Å². The van der Waals surface area contributed by atoms with Crippen molar-refractivity contribution < 1.29 is 4.42 Å². The van der Waals surface area contributed by atoms with E-state index in [0.29, 0.717) is 24.4 Å². The lowest BCUT2D eigenvalue weighted by Gasteiger charge is -2.14.